The van der Waals surface area contributed by atoms with Crippen molar-refractivity contribution in [2.75, 3.05) is 37.8 Å². The van der Waals surface area contributed by atoms with Gasteiger partial charge in [-0.3, -0.25) is 9.59 Å². The molecule has 3 rings (SSSR count). The molecule has 0 aliphatic heterocycles. The van der Waals surface area contributed by atoms with E-state index in [0.717, 1.165) is 30.8 Å². The molecule has 1 aliphatic rings. The summed E-state index contributed by atoms with van der Waals surface area (Å²) in [5, 5.41) is 17.0. The minimum atomic E-state index is -0.241. The highest BCUT2D eigenvalue weighted by atomic mass is 32.1. The summed E-state index contributed by atoms with van der Waals surface area (Å²) in [5.41, 5.74) is 1.53. The normalized spacial score (nSPS) is 15.1. The lowest BCUT2D eigenvalue weighted by Crippen LogP contribution is -2.17. The summed E-state index contributed by atoms with van der Waals surface area (Å²) in [7, 11) is 3.93. The fraction of sp³-hybridized carbons (Fsp3) is 0.429. The number of pyridine rings is 1. The molecule has 2 aromatic rings. The van der Waals surface area contributed by atoms with Gasteiger partial charge in [-0.25, -0.2) is 9.97 Å². The number of aliphatic hydroxyl groups is 1. The Morgan fingerprint density at radius 2 is 2.10 bits per heavy atom. The van der Waals surface area contributed by atoms with Crippen LogP contribution < -0.4 is 10.6 Å². The van der Waals surface area contributed by atoms with E-state index in [1.807, 2.05) is 25.9 Å². The van der Waals surface area contributed by atoms with Gasteiger partial charge in [0.1, 0.15) is 16.5 Å². The number of carbonyl (C=O) groups is 2. The number of nitrogens with one attached hydrogen (secondary N) is 2. The van der Waals surface area contributed by atoms with Crippen molar-refractivity contribution in [2.24, 2.45) is 0 Å². The zero-order valence-electron chi connectivity index (χ0n) is 17.5. The molecule has 1 aliphatic carbocycles. The van der Waals surface area contributed by atoms with E-state index in [9.17, 15) is 14.7 Å². The Bertz CT molecular complexity index is 950. The van der Waals surface area contributed by atoms with Crippen molar-refractivity contribution in [3.05, 3.63) is 40.0 Å². The second kappa shape index (κ2) is 9.82. The van der Waals surface area contributed by atoms with E-state index in [1.165, 1.54) is 0 Å². The quantitative estimate of drug-likeness (QED) is 0.436. The van der Waals surface area contributed by atoms with Crippen molar-refractivity contribution >= 4 is 39.7 Å². The highest BCUT2D eigenvalue weighted by Gasteiger charge is 2.29. The second-order valence-corrected chi connectivity index (χ2v) is 8.37. The molecule has 2 aromatic heterocycles. The zero-order chi connectivity index (χ0) is 21.7. The number of aryl methyl sites for hydroxylation is 1. The van der Waals surface area contributed by atoms with E-state index >= 15 is 0 Å². The lowest BCUT2D eigenvalue weighted by molar-refractivity contribution is -0.116. The standard InChI is InChI=1S/C21H27N5O3S/c1-4-22-16-10-7-13(12-23-16)18(28)14-8-9-15-20(19(14)29)30-21(24-15)25-17(27)6-5-11-26(2)3/h7,10,12,28H,4-6,8-9,11H2,1-3H3,(H,22,23)(H,24,25,27). The van der Waals surface area contributed by atoms with Crippen LogP contribution >= 0.6 is 11.3 Å². The van der Waals surface area contributed by atoms with E-state index in [0.29, 0.717) is 51.9 Å². The number of allylic oxidation sites excluding steroid dienone is 1. The fourth-order valence-electron chi connectivity index (χ4n) is 3.20. The number of hydrogen-bond acceptors (Lipinski definition) is 8. The number of rotatable bonds is 8. The molecule has 8 nitrogen and oxygen atoms in total. The number of ketones is 1. The third-order valence-electron chi connectivity index (χ3n) is 4.73. The monoisotopic (exact) mass is 429 g/mol. The van der Waals surface area contributed by atoms with E-state index in [2.05, 4.69) is 20.6 Å². The molecule has 0 atom stereocenters. The van der Waals surface area contributed by atoms with E-state index in [4.69, 9.17) is 0 Å². The Morgan fingerprint density at radius 1 is 1.30 bits per heavy atom. The van der Waals surface area contributed by atoms with Gasteiger partial charge in [0.2, 0.25) is 11.7 Å². The van der Waals surface area contributed by atoms with Crippen LogP contribution in [0, 0.1) is 0 Å². The molecule has 3 N–H and O–H groups in total. The molecule has 0 unspecified atom stereocenters. The molecule has 0 radical (unpaired) electrons. The highest BCUT2D eigenvalue weighted by Crippen LogP contribution is 2.34. The molecule has 2 heterocycles. The molecule has 30 heavy (non-hydrogen) atoms. The Hall–Kier alpha value is -2.78. The first-order chi connectivity index (χ1) is 14.4. The minimum absolute atomic E-state index is 0.0520. The van der Waals surface area contributed by atoms with Gasteiger partial charge in [-0.15, -0.1) is 0 Å². The number of aliphatic hydroxyl groups excluding tert-OH is 1. The van der Waals surface area contributed by atoms with E-state index in [1.54, 1.807) is 18.3 Å². The third-order valence-corrected chi connectivity index (χ3v) is 5.74. The Morgan fingerprint density at radius 3 is 2.77 bits per heavy atom. The summed E-state index contributed by atoms with van der Waals surface area (Å²) >= 11 is 1.16. The number of carbonyl (C=O) groups excluding carboxylic acids is 2. The van der Waals surface area contributed by atoms with Gasteiger partial charge in [0.15, 0.2) is 5.13 Å². The molecular weight excluding hydrogens is 402 g/mol. The lowest BCUT2D eigenvalue weighted by atomic mass is 9.93. The Balaban J connectivity index is 1.72. The molecule has 0 fully saturated rings. The minimum Gasteiger partial charge on any atom is -0.507 e. The van der Waals surface area contributed by atoms with Crippen molar-refractivity contribution in [2.45, 2.75) is 32.6 Å². The highest BCUT2D eigenvalue weighted by molar-refractivity contribution is 7.18. The van der Waals surface area contributed by atoms with E-state index in [-0.39, 0.29) is 17.4 Å². The van der Waals surface area contributed by atoms with Crippen LogP contribution in [-0.2, 0) is 11.2 Å². The maximum Gasteiger partial charge on any atom is 0.226 e. The number of aromatic nitrogens is 2. The molecule has 1 amide bonds. The van der Waals surface area contributed by atoms with Gasteiger partial charge in [0.05, 0.1) is 5.69 Å². The molecule has 0 bridgehead atoms. The van der Waals surface area contributed by atoms with Crippen LogP contribution in [0.2, 0.25) is 0 Å². The number of amides is 1. The lowest BCUT2D eigenvalue weighted by Gasteiger charge is -2.14. The van der Waals surface area contributed by atoms with Crippen LogP contribution in [0.4, 0.5) is 10.9 Å². The first-order valence-corrected chi connectivity index (χ1v) is 10.8. The van der Waals surface area contributed by atoms with Crippen LogP contribution in [-0.4, -0.2) is 58.8 Å². The average Bonchev–Trinajstić information content (AvgIpc) is 3.12. The maximum absolute atomic E-state index is 12.9. The summed E-state index contributed by atoms with van der Waals surface area (Å²) in [6.07, 6.45) is 3.64. The number of thiazole rings is 1. The van der Waals surface area contributed by atoms with Crippen LogP contribution in [0.25, 0.3) is 5.76 Å². The van der Waals surface area contributed by atoms with Crippen molar-refractivity contribution in [3.8, 4) is 0 Å². The number of nitrogens with zero attached hydrogens (tertiary/aromatic N) is 3. The number of anilines is 2. The van der Waals surface area contributed by atoms with Crippen LogP contribution in [0.15, 0.2) is 23.9 Å². The van der Waals surface area contributed by atoms with Gasteiger partial charge >= 0.3 is 0 Å². The molecule has 0 saturated carbocycles. The summed E-state index contributed by atoms with van der Waals surface area (Å²) in [4.78, 5) is 36.2. The summed E-state index contributed by atoms with van der Waals surface area (Å²) in [5.74, 6) is 0.310. The number of fused-ring (bicyclic) bond motifs is 1. The smallest absolute Gasteiger partial charge is 0.226 e. The van der Waals surface area contributed by atoms with Crippen molar-refractivity contribution < 1.29 is 14.7 Å². The topological polar surface area (TPSA) is 107 Å². The van der Waals surface area contributed by atoms with Gasteiger partial charge in [0.25, 0.3) is 0 Å². The van der Waals surface area contributed by atoms with Crippen molar-refractivity contribution in [1.29, 1.82) is 0 Å². The van der Waals surface area contributed by atoms with Crippen molar-refractivity contribution in [3.63, 3.8) is 0 Å². The largest absolute Gasteiger partial charge is 0.507 e. The first-order valence-electron chi connectivity index (χ1n) is 10.0. The fourth-order valence-corrected chi connectivity index (χ4v) is 4.20. The molecule has 9 heteroatoms. The van der Waals surface area contributed by atoms with Gasteiger partial charge in [0, 0.05) is 30.3 Å². The molecule has 0 spiro atoms. The predicted octanol–water partition coefficient (Wildman–Crippen LogP) is 3.35. The van der Waals surface area contributed by atoms with Gasteiger partial charge in [-0.2, -0.15) is 0 Å². The molecule has 160 valence electrons. The predicted molar refractivity (Wildman–Crippen MR) is 119 cm³/mol. The van der Waals surface area contributed by atoms with Gasteiger partial charge in [-0.1, -0.05) is 11.3 Å². The van der Waals surface area contributed by atoms with Gasteiger partial charge < -0.3 is 20.6 Å². The SMILES string of the molecule is CCNc1ccc(C(O)=C2CCc3nc(NC(=O)CCCN(C)C)sc3C2=O)cn1. The summed E-state index contributed by atoms with van der Waals surface area (Å²) in [6, 6.07) is 3.51. The molecular formula is C21H27N5O3S. The Labute approximate surface area is 180 Å². The summed E-state index contributed by atoms with van der Waals surface area (Å²) < 4.78 is 0. The first kappa shape index (κ1) is 21.9. The van der Waals surface area contributed by atoms with Crippen molar-refractivity contribution in [1.82, 2.24) is 14.9 Å². The zero-order valence-corrected chi connectivity index (χ0v) is 18.3. The average molecular weight is 430 g/mol. The molecule has 0 aromatic carbocycles. The second-order valence-electron chi connectivity index (χ2n) is 7.37. The van der Waals surface area contributed by atoms with Gasteiger partial charge in [-0.05, 0) is 59.0 Å². The summed E-state index contributed by atoms with van der Waals surface area (Å²) in [6.45, 7) is 3.56. The molecule has 0 saturated heterocycles. The van der Waals surface area contributed by atoms with Crippen LogP contribution in [0.3, 0.4) is 0 Å². The number of hydrogen-bond donors (Lipinski definition) is 3. The Kier molecular flexibility index (Phi) is 7.17. The van der Waals surface area contributed by atoms with Crippen LogP contribution in [0.5, 0.6) is 0 Å². The third kappa shape index (κ3) is 5.22. The maximum atomic E-state index is 12.9. The van der Waals surface area contributed by atoms with E-state index < -0.39 is 0 Å². The van der Waals surface area contributed by atoms with Crippen LogP contribution in [0.1, 0.15) is 47.1 Å². The number of Topliss-reactive ketones (excluding diaryl/α,β-unsaturated/α-hetero) is 1.